The van der Waals surface area contributed by atoms with Gasteiger partial charge in [0.25, 0.3) is 0 Å². The van der Waals surface area contributed by atoms with Crippen LogP contribution in [0.2, 0.25) is 0 Å². The molecule has 0 radical (unpaired) electrons. The molecule has 13 heavy (non-hydrogen) atoms. The van der Waals surface area contributed by atoms with Crippen molar-refractivity contribution in [1.82, 2.24) is 0 Å². The number of thiol groups is 1. The fourth-order valence-corrected chi connectivity index (χ4v) is 2.61. The minimum Gasteiger partial charge on any atom is -0.298 e. The lowest BCUT2D eigenvalue weighted by molar-refractivity contribution is -0.116. The molecule has 1 unspecified atom stereocenters. The maximum atomic E-state index is 11.1. The number of rotatable bonds is 2. The summed E-state index contributed by atoms with van der Waals surface area (Å²) in [6.07, 6.45) is 0. The fourth-order valence-electron chi connectivity index (χ4n) is 0.950. The summed E-state index contributed by atoms with van der Waals surface area (Å²) in [7, 11) is 0. The lowest BCUT2D eigenvalue weighted by atomic mass is 10.1. The van der Waals surface area contributed by atoms with Crippen molar-refractivity contribution in [2.45, 2.75) is 16.6 Å². The number of carbonyl (C=O) groups is 1. The van der Waals surface area contributed by atoms with E-state index in [1.165, 1.54) is 0 Å². The molecule has 1 aromatic rings. The summed E-state index contributed by atoms with van der Waals surface area (Å²) in [4.78, 5) is 11.7. The summed E-state index contributed by atoms with van der Waals surface area (Å²) >= 11 is 9.85. The zero-order chi connectivity index (χ0) is 10.0. The van der Waals surface area contributed by atoms with E-state index in [1.54, 1.807) is 6.92 Å². The van der Waals surface area contributed by atoms with Crippen LogP contribution in [0, 0.1) is 3.57 Å². The Morgan fingerprint density at radius 1 is 1.62 bits per heavy atom. The van der Waals surface area contributed by atoms with Gasteiger partial charge in [0.05, 0.1) is 4.83 Å². The van der Waals surface area contributed by atoms with Gasteiger partial charge in [-0.2, -0.15) is 0 Å². The molecule has 1 aromatic carbocycles. The molecule has 0 aliphatic carbocycles. The summed E-state index contributed by atoms with van der Waals surface area (Å²) < 4.78 is 1.12. The number of hydrogen-bond donors (Lipinski definition) is 1. The Balaban J connectivity index is 3.08. The maximum Gasteiger partial charge on any atom is 0.147 e. The Morgan fingerprint density at radius 3 is 2.69 bits per heavy atom. The molecule has 0 aliphatic rings. The van der Waals surface area contributed by atoms with Gasteiger partial charge in [-0.25, -0.2) is 0 Å². The number of Topliss-reactive ketones (excluding diaryl/α,β-unsaturated/α-hetero) is 1. The van der Waals surface area contributed by atoms with Crippen molar-refractivity contribution in [3.05, 3.63) is 27.3 Å². The van der Waals surface area contributed by atoms with Gasteiger partial charge in [-0.3, -0.25) is 4.79 Å². The molecule has 0 aliphatic heterocycles. The Morgan fingerprint density at radius 2 is 2.23 bits per heavy atom. The SMILES string of the molecule is CC(=O)C(Br)c1ccc(I)cc1S. The molecule has 0 fully saturated rings. The first kappa shape index (κ1) is 11.5. The molecule has 0 saturated heterocycles. The number of carbonyl (C=O) groups excluding carboxylic acids is 1. The molecule has 1 atom stereocenters. The van der Waals surface area contributed by atoms with E-state index in [9.17, 15) is 4.79 Å². The van der Waals surface area contributed by atoms with Crippen LogP contribution in [0.3, 0.4) is 0 Å². The predicted molar refractivity (Wildman–Crippen MR) is 68.8 cm³/mol. The zero-order valence-corrected chi connectivity index (χ0v) is 11.6. The van der Waals surface area contributed by atoms with Crippen molar-refractivity contribution in [3.63, 3.8) is 0 Å². The standard InChI is InChI=1S/C9H8BrIOS/c1-5(12)9(10)7-3-2-6(11)4-8(7)13/h2-4,9,13H,1H3. The highest BCUT2D eigenvalue weighted by atomic mass is 127. The Hall–Kier alpha value is 0.450. The summed E-state index contributed by atoms with van der Waals surface area (Å²) in [5.41, 5.74) is 0.927. The molecule has 1 nitrogen and oxygen atoms in total. The van der Waals surface area contributed by atoms with Gasteiger partial charge in [0.2, 0.25) is 0 Å². The van der Waals surface area contributed by atoms with Crippen molar-refractivity contribution in [2.75, 3.05) is 0 Å². The van der Waals surface area contributed by atoms with Crippen LogP contribution < -0.4 is 0 Å². The van der Waals surface area contributed by atoms with Crippen molar-refractivity contribution >= 4 is 56.9 Å². The van der Waals surface area contributed by atoms with Crippen LogP contribution in [0.15, 0.2) is 23.1 Å². The molecule has 0 aromatic heterocycles. The highest BCUT2D eigenvalue weighted by Gasteiger charge is 2.14. The van der Waals surface area contributed by atoms with E-state index in [4.69, 9.17) is 0 Å². The van der Waals surface area contributed by atoms with Crippen LogP contribution in [0.25, 0.3) is 0 Å². The van der Waals surface area contributed by atoms with E-state index in [0.717, 1.165) is 14.0 Å². The van der Waals surface area contributed by atoms with Gasteiger partial charge in [0.1, 0.15) is 5.78 Å². The third-order valence-corrected chi connectivity index (χ3v) is 3.82. The first-order valence-corrected chi connectivity index (χ1v) is 6.09. The monoisotopic (exact) mass is 370 g/mol. The Kier molecular flexibility index (Phi) is 4.25. The number of halogens is 2. The van der Waals surface area contributed by atoms with Gasteiger partial charge in [0.15, 0.2) is 0 Å². The van der Waals surface area contributed by atoms with Crippen molar-refractivity contribution in [3.8, 4) is 0 Å². The smallest absolute Gasteiger partial charge is 0.147 e. The van der Waals surface area contributed by atoms with Crippen LogP contribution in [-0.2, 0) is 4.79 Å². The van der Waals surface area contributed by atoms with Gasteiger partial charge in [-0.15, -0.1) is 12.6 Å². The average molecular weight is 371 g/mol. The summed E-state index contributed by atoms with van der Waals surface area (Å²) in [6.45, 7) is 1.56. The number of alkyl halides is 1. The molecular formula is C9H8BrIOS. The molecule has 0 N–H and O–H groups in total. The normalized spacial score (nSPS) is 12.6. The Labute approximate surface area is 105 Å². The molecule has 0 heterocycles. The second kappa shape index (κ2) is 4.79. The molecule has 70 valence electrons. The first-order valence-electron chi connectivity index (χ1n) is 3.65. The minimum absolute atomic E-state index is 0.0940. The van der Waals surface area contributed by atoms with Gasteiger partial charge in [-0.05, 0) is 47.2 Å². The molecule has 0 bridgehead atoms. The highest BCUT2D eigenvalue weighted by molar-refractivity contribution is 14.1. The quantitative estimate of drug-likeness (QED) is 0.478. The van der Waals surface area contributed by atoms with E-state index in [-0.39, 0.29) is 10.6 Å². The van der Waals surface area contributed by atoms with Crippen molar-refractivity contribution < 1.29 is 4.79 Å². The lowest BCUT2D eigenvalue weighted by Gasteiger charge is -2.09. The van der Waals surface area contributed by atoms with Crippen LogP contribution >= 0.6 is 51.1 Å². The number of benzene rings is 1. The molecule has 0 amide bonds. The van der Waals surface area contributed by atoms with E-state index >= 15 is 0 Å². The third-order valence-electron chi connectivity index (χ3n) is 1.62. The van der Waals surface area contributed by atoms with Gasteiger partial charge in [0, 0.05) is 8.47 Å². The number of hydrogen-bond acceptors (Lipinski definition) is 2. The largest absolute Gasteiger partial charge is 0.298 e. The van der Waals surface area contributed by atoms with E-state index in [2.05, 4.69) is 51.1 Å². The molecular weight excluding hydrogens is 363 g/mol. The van der Waals surface area contributed by atoms with Crippen LogP contribution in [0.4, 0.5) is 0 Å². The first-order chi connectivity index (χ1) is 6.02. The summed E-state index contributed by atoms with van der Waals surface area (Å²) in [5.74, 6) is 0.0940. The highest BCUT2D eigenvalue weighted by Crippen LogP contribution is 2.29. The molecule has 0 spiro atoms. The van der Waals surface area contributed by atoms with E-state index in [1.807, 2.05) is 18.2 Å². The maximum absolute atomic E-state index is 11.1. The van der Waals surface area contributed by atoms with Crippen LogP contribution in [0.5, 0.6) is 0 Å². The van der Waals surface area contributed by atoms with Gasteiger partial charge >= 0.3 is 0 Å². The van der Waals surface area contributed by atoms with Crippen molar-refractivity contribution in [1.29, 1.82) is 0 Å². The van der Waals surface area contributed by atoms with Crippen molar-refractivity contribution in [2.24, 2.45) is 0 Å². The topological polar surface area (TPSA) is 17.1 Å². The molecule has 1 rings (SSSR count). The molecule has 0 saturated carbocycles. The average Bonchev–Trinajstić information content (AvgIpc) is 2.03. The fraction of sp³-hybridized carbons (Fsp3) is 0.222. The third kappa shape index (κ3) is 2.95. The second-order valence-electron chi connectivity index (χ2n) is 2.68. The minimum atomic E-state index is -0.239. The van der Waals surface area contributed by atoms with E-state index in [0.29, 0.717) is 0 Å². The second-order valence-corrected chi connectivity index (χ2v) is 5.32. The van der Waals surface area contributed by atoms with E-state index < -0.39 is 0 Å². The summed E-state index contributed by atoms with van der Waals surface area (Å²) in [6, 6.07) is 5.83. The number of ketones is 1. The van der Waals surface area contributed by atoms with Gasteiger partial charge < -0.3 is 0 Å². The lowest BCUT2D eigenvalue weighted by Crippen LogP contribution is -2.01. The predicted octanol–water partition coefficient (Wildman–Crippen LogP) is 3.60. The molecule has 4 heteroatoms. The Bertz CT molecular complexity index is 340. The van der Waals surface area contributed by atoms with Crippen LogP contribution in [-0.4, -0.2) is 5.78 Å². The zero-order valence-electron chi connectivity index (χ0n) is 6.92. The van der Waals surface area contributed by atoms with Crippen LogP contribution in [0.1, 0.15) is 17.3 Å². The summed E-state index contributed by atoms with van der Waals surface area (Å²) in [5, 5.41) is 0. The van der Waals surface area contributed by atoms with Gasteiger partial charge in [-0.1, -0.05) is 22.0 Å².